The Morgan fingerprint density at radius 2 is 2.18 bits per heavy atom. The Labute approximate surface area is 135 Å². The van der Waals surface area contributed by atoms with Crippen LogP contribution >= 0.6 is 11.3 Å². The molecular formula is C16H23N3O2S. The van der Waals surface area contributed by atoms with Gasteiger partial charge in [-0.1, -0.05) is 6.07 Å². The summed E-state index contributed by atoms with van der Waals surface area (Å²) in [5, 5.41) is 18.9. The summed E-state index contributed by atoms with van der Waals surface area (Å²) >= 11 is 1.68. The van der Waals surface area contributed by atoms with Gasteiger partial charge >= 0.3 is 0 Å². The number of thiophene rings is 1. The van der Waals surface area contributed by atoms with Crippen LogP contribution in [0, 0.1) is 6.92 Å². The Bertz CT molecular complexity index is 603. The summed E-state index contributed by atoms with van der Waals surface area (Å²) in [4.78, 5) is 5.72. The SMILES string of the molecule is CCNC(=NCc1cccs1)NCC(C)(O)c1ccc(C)o1. The third kappa shape index (κ3) is 4.61. The Kier molecular flexibility index (Phi) is 5.63. The van der Waals surface area contributed by atoms with Gasteiger partial charge in [-0.2, -0.15) is 0 Å². The molecule has 1 atom stereocenters. The molecule has 3 N–H and O–H groups in total. The van der Waals surface area contributed by atoms with Crippen LogP contribution in [0.3, 0.4) is 0 Å². The average Bonchev–Trinajstić information content (AvgIpc) is 3.13. The second-order valence-corrected chi connectivity index (χ2v) is 6.34. The zero-order chi connectivity index (χ0) is 16.0. The number of aryl methyl sites for hydroxylation is 1. The molecule has 2 rings (SSSR count). The molecule has 0 spiro atoms. The summed E-state index contributed by atoms with van der Waals surface area (Å²) in [6.45, 7) is 7.29. The summed E-state index contributed by atoms with van der Waals surface area (Å²) in [7, 11) is 0. The highest BCUT2D eigenvalue weighted by Crippen LogP contribution is 2.21. The normalized spacial score (nSPS) is 14.6. The van der Waals surface area contributed by atoms with Crippen LogP contribution in [0.1, 0.15) is 30.2 Å². The summed E-state index contributed by atoms with van der Waals surface area (Å²) < 4.78 is 5.51. The summed E-state index contributed by atoms with van der Waals surface area (Å²) in [6.07, 6.45) is 0. The second kappa shape index (κ2) is 7.47. The van der Waals surface area contributed by atoms with Gasteiger partial charge in [-0.05, 0) is 44.4 Å². The smallest absolute Gasteiger partial charge is 0.191 e. The molecule has 0 aromatic carbocycles. The van der Waals surface area contributed by atoms with Crippen molar-refractivity contribution in [1.82, 2.24) is 10.6 Å². The van der Waals surface area contributed by atoms with Crippen LogP contribution in [0.4, 0.5) is 0 Å². The molecular weight excluding hydrogens is 298 g/mol. The maximum Gasteiger partial charge on any atom is 0.191 e. The van der Waals surface area contributed by atoms with Gasteiger partial charge in [0.25, 0.3) is 0 Å². The highest BCUT2D eigenvalue weighted by Gasteiger charge is 2.27. The monoisotopic (exact) mass is 321 g/mol. The van der Waals surface area contributed by atoms with Crippen LogP contribution in [-0.4, -0.2) is 24.2 Å². The first kappa shape index (κ1) is 16.6. The van der Waals surface area contributed by atoms with Gasteiger partial charge in [0, 0.05) is 11.4 Å². The molecule has 0 aliphatic heterocycles. The number of nitrogens with one attached hydrogen (secondary N) is 2. The lowest BCUT2D eigenvalue weighted by Gasteiger charge is -2.22. The first-order valence-corrected chi connectivity index (χ1v) is 8.23. The minimum atomic E-state index is -1.09. The van der Waals surface area contributed by atoms with Gasteiger partial charge in [-0.15, -0.1) is 11.3 Å². The summed E-state index contributed by atoms with van der Waals surface area (Å²) in [6, 6.07) is 7.71. The lowest BCUT2D eigenvalue weighted by Crippen LogP contribution is -2.44. The van der Waals surface area contributed by atoms with Crippen molar-refractivity contribution < 1.29 is 9.52 Å². The van der Waals surface area contributed by atoms with E-state index in [9.17, 15) is 5.11 Å². The van der Waals surface area contributed by atoms with Crippen molar-refractivity contribution in [3.8, 4) is 0 Å². The molecule has 0 bridgehead atoms. The number of rotatable bonds is 6. The molecule has 2 heterocycles. The number of aliphatic imine (C=N–C) groups is 1. The van der Waals surface area contributed by atoms with Crippen molar-refractivity contribution in [2.45, 2.75) is 32.9 Å². The largest absolute Gasteiger partial charge is 0.463 e. The minimum absolute atomic E-state index is 0.316. The molecule has 0 aliphatic carbocycles. The number of hydrogen-bond acceptors (Lipinski definition) is 4. The lowest BCUT2D eigenvalue weighted by atomic mass is 10.0. The first-order valence-electron chi connectivity index (χ1n) is 7.35. The molecule has 0 aliphatic rings. The van der Waals surface area contributed by atoms with Gasteiger partial charge < -0.3 is 20.2 Å². The van der Waals surface area contributed by atoms with Crippen molar-refractivity contribution >= 4 is 17.3 Å². The molecule has 0 radical (unpaired) electrons. The van der Waals surface area contributed by atoms with E-state index >= 15 is 0 Å². The Morgan fingerprint density at radius 1 is 1.36 bits per heavy atom. The highest BCUT2D eigenvalue weighted by atomic mass is 32.1. The molecule has 22 heavy (non-hydrogen) atoms. The topological polar surface area (TPSA) is 69.8 Å². The molecule has 1 unspecified atom stereocenters. The molecule has 0 saturated heterocycles. The second-order valence-electron chi connectivity index (χ2n) is 5.31. The van der Waals surface area contributed by atoms with Gasteiger partial charge in [-0.25, -0.2) is 4.99 Å². The lowest BCUT2D eigenvalue weighted by molar-refractivity contribution is 0.0378. The minimum Gasteiger partial charge on any atom is -0.463 e. The van der Waals surface area contributed by atoms with Crippen LogP contribution in [0.2, 0.25) is 0 Å². The number of furan rings is 1. The van der Waals surface area contributed by atoms with Crippen LogP contribution < -0.4 is 10.6 Å². The molecule has 2 aromatic rings. The van der Waals surface area contributed by atoms with Crippen molar-refractivity contribution in [2.75, 3.05) is 13.1 Å². The van der Waals surface area contributed by atoms with Crippen LogP contribution in [-0.2, 0) is 12.1 Å². The van der Waals surface area contributed by atoms with Crippen LogP contribution in [0.25, 0.3) is 0 Å². The van der Waals surface area contributed by atoms with Crippen molar-refractivity contribution in [1.29, 1.82) is 0 Å². The Hall–Kier alpha value is -1.79. The number of aliphatic hydroxyl groups is 1. The molecule has 0 fully saturated rings. The fourth-order valence-electron chi connectivity index (χ4n) is 1.97. The maximum absolute atomic E-state index is 10.5. The average molecular weight is 321 g/mol. The van der Waals surface area contributed by atoms with E-state index in [0.717, 1.165) is 12.3 Å². The van der Waals surface area contributed by atoms with E-state index in [1.165, 1.54) is 4.88 Å². The van der Waals surface area contributed by atoms with Gasteiger partial charge in [0.05, 0.1) is 13.1 Å². The predicted molar refractivity (Wildman–Crippen MR) is 90.2 cm³/mol. The quantitative estimate of drug-likeness (QED) is 0.565. The fourth-order valence-corrected chi connectivity index (χ4v) is 2.60. The molecule has 6 heteroatoms. The number of hydrogen-bond donors (Lipinski definition) is 3. The fraction of sp³-hybridized carbons (Fsp3) is 0.438. The van der Waals surface area contributed by atoms with Gasteiger partial charge in [-0.3, -0.25) is 0 Å². The van der Waals surface area contributed by atoms with Crippen molar-refractivity contribution in [2.24, 2.45) is 4.99 Å². The maximum atomic E-state index is 10.5. The van der Waals surface area contributed by atoms with E-state index in [0.29, 0.717) is 24.8 Å². The molecule has 5 nitrogen and oxygen atoms in total. The first-order chi connectivity index (χ1) is 10.5. The predicted octanol–water partition coefficient (Wildman–Crippen LogP) is 2.61. The zero-order valence-corrected chi connectivity index (χ0v) is 14.0. The standard InChI is InChI=1S/C16H23N3O2S/c1-4-17-15(18-10-13-6-5-9-22-13)19-11-16(3,20)14-8-7-12(2)21-14/h5-9,20H,4,10-11H2,1-3H3,(H2,17,18,19). The summed E-state index contributed by atoms with van der Waals surface area (Å²) in [5.41, 5.74) is -1.09. The van der Waals surface area contributed by atoms with E-state index in [1.807, 2.05) is 31.4 Å². The Balaban J connectivity index is 1.97. The molecule has 0 saturated carbocycles. The Morgan fingerprint density at radius 3 is 2.77 bits per heavy atom. The van der Waals surface area contributed by atoms with Crippen LogP contribution in [0.15, 0.2) is 39.1 Å². The van der Waals surface area contributed by atoms with Crippen molar-refractivity contribution in [3.63, 3.8) is 0 Å². The van der Waals surface area contributed by atoms with E-state index in [1.54, 1.807) is 24.3 Å². The van der Waals surface area contributed by atoms with Crippen LogP contribution in [0.5, 0.6) is 0 Å². The highest BCUT2D eigenvalue weighted by molar-refractivity contribution is 7.09. The van der Waals surface area contributed by atoms with E-state index in [2.05, 4.69) is 21.7 Å². The van der Waals surface area contributed by atoms with Crippen molar-refractivity contribution in [3.05, 3.63) is 46.0 Å². The molecule has 2 aromatic heterocycles. The van der Waals surface area contributed by atoms with E-state index in [-0.39, 0.29) is 0 Å². The number of guanidine groups is 1. The third-order valence-electron chi connectivity index (χ3n) is 3.19. The molecule has 120 valence electrons. The van der Waals surface area contributed by atoms with E-state index in [4.69, 9.17) is 4.42 Å². The number of nitrogens with zero attached hydrogens (tertiary/aromatic N) is 1. The van der Waals surface area contributed by atoms with Gasteiger partial charge in [0.15, 0.2) is 5.96 Å². The summed E-state index contributed by atoms with van der Waals surface area (Å²) in [5.74, 6) is 2.01. The van der Waals surface area contributed by atoms with E-state index < -0.39 is 5.60 Å². The third-order valence-corrected chi connectivity index (χ3v) is 4.05. The zero-order valence-electron chi connectivity index (χ0n) is 13.2. The van der Waals surface area contributed by atoms with Gasteiger partial charge in [0.1, 0.15) is 17.1 Å². The molecule has 0 amide bonds. The van der Waals surface area contributed by atoms with Gasteiger partial charge in [0.2, 0.25) is 0 Å².